The number of Topliss-reactive ketones (excluding diaryl/α,β-unsaturated/α-hetero) is 1. The standard InChI is InChI=1S/C21H25F2N2O2.C9H8F2O2.C4H10O.2C3H7.K/c1-6-8-9-11-15(10-7-2)25-21(26)14(3)20(24-4)19-17(22)12-16(27-5)13-18(19)23;1-6(12)7-2-4-8(5-3-7)13-9(10)11;1-3-4-5-2;2*1-3-2;/h8-9,11-13,24H,1,7,10H2,2-5H3,(H,25,26);2-5,9H,1H3;3-4H2,1-2H3;2*1,3H2,2H3;/q-1;;;2*-1;+1/b9-8-,15-11+,20-14-;;;;;. The zero-order chi connectivity index (χ0) is 39.8. The number of ether oxygens (including phenoxy) is 3. The summed E-state index contributed by atoms with van der Waals surface area (Å²) < 4.78 is 65.8. The molecule has 0 radical (unpaired) electrons. The van der Waals surface area contributed by atoms with Crippen molar-refractivity contribution in [2.45, 2.75) is 80.3 Å². The number of hydrogen-bond donors (Lipinski definition) is 2. The molecule has 2 rings (SSSR count). The average molecular weight is 761 g/mol. The fourth-order valence-corrected chi connectivity index (χ4v) is 3.52. The minimum absolute atomic E-state index is 0. The van der Waals surface area contributed by atoms with Crippen LogP contribution >= 0.6 is 0 Å². The average Bonchev–Trinajstić information content (AvgIpc) is 3.07. The second kappa shape index (κ2) is 36.6. The number of carbonyl (C=O) groups is 2. The van der Waals surface area contributed by atoms with Gasteiger partial charge in [0.15, 0.2) is 5.78 Å². The molecule has 7 nitrogen and oxygen atoms in total. The van der Waals surface area contributed by atoms with Crippen LogP contribution in [-0.4, -0.2) is 46.2 Å². The zero-order valence-corrected chi connectivity index (χ0v) is 35.8. The number of benzene rings is 2. The fraction of sp³-hybridized carbons (Fsp3) is 0.400. The topological polar surface area (TPSA) is 85.9 Å². The number of hydrogen-bond acceptors (Lipinski definition) is 6. The van der Waals surface area contributed by atoms with E-state index in [1.54, 1.807) is 25.3 Å². The van der Waals surface area contributed by atoms with Crippen molar-refractivity contribution in [3.63, 3.8) is 0 Å². The molecule has 0 saturated heterocycles. The van der Waals surface area contributed by atoms with Crippen molar-refractivity contribution in [1.82, 2.24) is 10.6 Å². The van der Waals surface area contributed by atoms with Crippen LogP contribution in [0.5, 0.6) is 11.5 Å². The normalized spacial score (nSPS) is 10.6. The Hall–Kier alpha value is -2.74. The Kier molecular flexibility index (Phi) is 39.4. The van der Waals surface area contributed by atoms with E-state index in [0.717, 1.165) is 44.4 Å². The molecule has 52 heavy (non-hydrogen) atoms. The maximum atomic E-state index is 14.4. The minimum atomic E-state index is -2.83. The minimum Gasteiger partial charge on any atom is -0.497 e. The third-order valence-corrected chi connectivity index (χ3v) is 5.67. The van der Waals surface area contributed by atoms with Crippen molar-refractivity contribution >= 4 is 17.4 Å². The Balaban J connectivity index is -0.000000379. The van der Waals surface area contributed by atoms with Gasteiger partial charge in [0.2, 0.25) is 0 Å². The Bertz CT molecular complexity index is 1320. The Morgan fingerprint density at radius 3 is 1.81 bits per heavy atom. The van der Waals surface area contributed by atoms with Gasteiger partial charge in [0.05, 0.1) is 18.4 Å². The molecule has 0 bridgehead atoms. The summed E-state index contributed by atoms with van der Waals surface area (Å²) in [6, 6.07) is 7.70. The van der Waals surface area contributed by atoms with Crippen molar-refractivity contribution < 1.29 is 92.7 Å². The zero-order valence-electron chi connectivity index (χ0n) is 32.7. The number of allylic oxidation sites excluding steroid dienone is 5. The number of rotatable bonds is 14. The molecule has 0 aliphatic rings. The third kappa shape index (κ3) is 26.9. The monoisotopic (exact) mass is 760 g/mol. The number of halogens is 4. The number of amides is 1. The molecule has 2 aromatic carbocycles. The molecular weight excluding hydrogens is 704 g/mol. The van der Waals surface area contributed by atoms with Gasteiger partial charge in [-0.2, -0.15) is 28.2 Å². The quantitative estimate of drug-likeness (QED) is 0.0527. The molecule has 12 heteroatoms. The van der Waals surface area contributed by atoms with E-state index in [1.807, 2.05) is 20.8 Å². The van der Waals surface area contributed by atoms with Crippen molar-refractivity contribution in [3.8, 4) is 11.5 Å². The first-order chi connectivity index (χ1) is 24.2. The number of carbonyl (C=O) groups excluding carboxylic acids is 2. The van der Waals surface area contributed by atoms with Crippen LogP contribution in [0.2, 0.25) is 0 Å². The first kappa shape index (κ1) is 56.0. The first-order valence-corrected chi connectivity index (χ1v) is 16.5. The van der Waals surface area contributed by atoms with Crippen LogP contribution in [0, 0.1) is 31.6 Å². The summed E-state index contributed by atoms with van der Waals surface area (Å²) in [4.78, 5) is 23.4. The first-order valence-electron chi connectivity index (χ1n) is 16.5. The second-order valence-electron chi connectivity index (χ2n) is 10.1. The molecule has 2 aromatic rings. The van der Waals surface area contributed by atoms with Gasteiger partial charge in [-0.3, -0.25) is 15.7 Å². The molecule has 0 atom stereocenters. The summed E-state index contributed by atoms with van der Waals surface area (Å²) in [5.74, 6) is -2.09. The van der Waals surface area contributed by atoms with E-state index < -0.39 is 24.2 Å². The van der Waals surface area contributed by atoms with Crippen LogP contribution in [0.3, 0.4) is 0 Å². The molecule has 0 aromatic heterocycles. The largest absolute Gasteiger partial charge is 1.00 e. The third-order valence-electron chi connectivity index (χ3n) is 5.67. The van der Waals surface area contributed by atoms with Crippen LogP contribution in [0.4, 0.5) is 17.6 Å². The molecule has 2 N–H and O–H groups in total. The number of nitrogens with one attached hydrogen (secondary N) is 2. The van der Waals surface area contributed by atoms with Gasteiger partial charge in [-0.25, -0.2) is 20.9 Å². The van der Waals surface area contributed by atoms with Crippen LogP contribution in [-0.2, 0) is 9.53 Å². The number of methoxy groups -OCH3 is 2. The van der Waals surface area contributed by atoms with Crippen LogP contribution in [0.15, 0.2) is 72.5 Å². The molecule has 0 heterocycles. The van der Waals surface area contributed by atoms with Gasteiger partial charge in [-0.15, -0.1) is 6.08 Å². The van der Waals surface area contributed by atoms with Gasteiger partial charge in [0, 0.05) is 49.7 Å². The van der Waals surface area contributed by atoms with Crippen LogP contribution in [0.25, 0.3) is 5.70 Å². The van der Waals surface area contributed by atoms with Crippen LogP contribution < -0.4 is 71.5 Å². The van der Waals surface area contributed by atoms with Crippen molar-refractivity contribution in [2.24, 2.45) is 0 Å². The van der Waals surface area contributed by atoms with Crippen LogP contribution in [0.1, 0.15) is 89.6 Å². The van der Waals surface area contributed by atoms with E-state index in [9.17, 15) is 27.2 Å². The SMILES string of the molecule is C=[C-]/C=C\C=C(/CCC)NC(=O)/C(C)=C(\NC)c1c(F)cc(OC)cc1F.CC(=O)c1ccc(OC(F)F)cc1.CCCOC.[CH2-]CC.[CH2-]CC.[K+]. The fourth-order valence-electron chi connectivity index (χ4n) is 3.52. The van der Waals surface area contributed by atoms with E-state index in [2.05, 4.69) is 48.8 Å². The van der Waals surface area contributed by atoms with Gasteiger partial charge in [-0.05, 0) is 51.0 Å². The molecule has 0 fully saturated rings. The van der Waals surface area contributed by atoms with Gasteiger partial charge >= 0.3 is 58.0 Å². The van der Waals surface area contributed by atoms with E-state index in [0.29, 0.717) is 17.7 Å². The predicted octanol–water partition coefficient (Wildman–Crippen LogP) is 7.27. The molecule has 1 amide bonds. The van der Waals surface area contributed by atoms with E-state index in [4.69, 9.17) is 9.47 Å². The summed E-state index contributed by atoms with van der Waals surface area (Å²) in [5.41, 5.74) is 1.06. The maximum Gasteiger partial charge on any atom is 1.00 e. The predicted molar refractivity (Wildman–Crippen MR) is 200 cm³/mol. The van der Waals surface area contributed by atoms with Crippen molar-refractivity contribution in [2.75, 3.05) is 27.9 Å². The Labute approximate surface area is 352 Å². The molecule has 288 valence electrons. The van der Waals surface area contributed by atoms with Crippen molar-refractivity contribution in [1.29, 1.82) is 0 Å². The molecular formula is C40H57F4KN2O5-2. The summed E-state index contributed by atoms with van der Waals surface area (Å²) >= 11 is 0. The Morgan fingerprint density at radius 2 is 1.46 bits per heavy atom. The van der Waals surface area contributed by atoms with E-state index in [1.165, 1.54) is 52.3 Å². The molecule has 0 saturated carbocycles. The molecule has 0 spiro atoms. The molecule has 0 aliphatic carbocycles. The summed E-state index contributed by atoms with van der Waals surface area (Å²) in [6.07, 6.45) is 12.3. The van der Waals surface area contributed by atoms with E-state index in [-0.39, 0.29) is 85.5 Å². The Morgan fingerprint density at radius 1 is 0.942 bits per heavy atom. The van der Waals surface area contributed by atoms with E-state index >= 15 is 0 Å². The van der Waals surface area contributed by atoms with Gasteiger partial charge in [0.1, 0.15) is 23.1 Å². The number of ketones is 1. The van der Waals surface area contributed by atoms with Crippen molar-refractivity contribution in [3.05, 3.63) is 115 Å². The van der Waals surface area contributed by atoms with Gasteiger partial charge in [-0.1, -0.05) is 34.1 Å². The molecule has 0 aliphatic heterocycles. The molecule has 0 unspecified atom stereocenters. The maximum absolute atomic E-state index is 14.4. The second-order valence-corrected chi connectivity index (χ2v) is 10.1. The van der Waals surface area contributed by atoms with Gasteiger partial charge < -0.3 is 38.7 Å². The summed E-state index contributed by atoms with van der Waals surface area (Å²) in [6.45, 7) is 19.5. The smallest absolute Gasteiger partial charge is 0.497 e. The van der Waals surface area contributed by atoms with Gasteiger partial charge in [0.25, 0.3) is 5.91 Å². The summed E-state index contributed by atoms with van der Waals surface area (Å²) in [7, 11) is 4.53. The number of alkyl halides is 2. The summed E-state index contributed by atoms with van der Waals surface area (Å²) in [5, 5.41) is 5.50.